The first kappa shape index (κ1) is 16.9. The second-order valence-electron chi connectivity index (χ2n) is 4.61. The number of hydrogen-bond acceptors (Lipinski definition) is 7. The average molecular weight is 296 g/mol. The van der Waals surface area contributed by atoms with Crippen LogP contribution in [0.15, 0.2) is 0 Å². The highest BCUT2D eigenvalue weighted by Crippen LogP contribution is 2.15. The van der Waals surface area contributed by atoms with E-state index in [0.717, 1.165) is 25.8 Å². The first-order valence-corrected chi connectivity index (χ1v) is 7.17. The number of nitrogens with one attached hydrogen (secondary N) is 1. The van der Waals surface area contributed by atoms with Crippen LogP contribution in [-0.2, 0) is 4.79 Å². The highest BCUT2D eigenvalue weighted by atomic mass is 16.5. The number of primary amides is 1. The second-order valence-corrected chi connectivity index (χ2v) is 4.61. The molecule has 0 aliphatic carbocycles. The first-order valence-electron chi connectivity index (χ1n) is 7.17. The average Bonchev–Trinajstić information content (AvgIpc) is 2.48. The molecule has 0 bridgehead atoms. The maximum Gasteiger partial charge on any atom is 0.322 e. The van der Waals surface area contributed by atoms with Crippen molar-refractivity contribution in [2.75, 3.05) is 37.0 Å². The number of nitrogens with zero attached hydrogens (tertiary/aromatic N) is 4. The van der Waals surface area contributed by atoms with Gasteiger partial charge in [-0.3, -0.25) is 4.79 Å². The van der Waals surface area contributed by atoms with Crippen LogP contribution < -0.4 is 20.7 Å². The summed E-state index contributed by atoms with van der Waals surface area (Å²) in [7, 11) is 1.49. The standard InChI is InChI=1S/C13H24N6O2/c1-4-6-8-19(9-10(14)20)12-16-11(15-7-5-2)17-13(18-12)21-3/h4-9H2,1-3H3,(H2,14,20)(H,15,16,17,18). The van der Waals surface area contributed by atoms with Gasteiger partial charge in [-0.05, 0) is 12.8 Å². The van der Waals surface area contributed by atoms with E-state index in [-0.39, 0.29) is 12.6 Å². The maximum atomic E-state index is 11.2. The van der Waals surface area contributed by atoms with Gasteiger partial charge in [0.25, 0.3) is 0 Å². The normalized spacial score (nSPS) is 10.2. The molecule has 0 unspecified atom stereocenters. The predicted octanol–water partition coefficient (Wildman–Crippen LogP) is 0.794. The lowest BCUT2D eigenvalue weighted by Gasteiger charge is -2.21. The summed E-state index contributed by atoms with van der Waals surface area (Å²) in [5.74, 6) is 0.408. The van der Waals surface area contributed by atoms with Gasteiger partial charge in [0.05, 0.1) is 13.7 Å². The van der Waals surface area contributed by atoms with Crippen molar-refractivity contribution in [3.63, 3.8) is 0 Å². The molecule has 3 N–H and O–H groups in total. The zero-order valence-corrected chi connectivity index (χ0v) is 12.9. The molecule has 0 aliphatic heterocycles. The van der Waals surface area contributed by atoms with Gasteiger partial charge in [-0.15, -0.1) is 0 Å². The minimum atomic E-state index is -0.423. The van der Waals surface area contributed by atoms with Crippen molar-refractivity contribution in [3.05, 3.63) is 0 Å². The number of amides is 1. The summed E-state index contributed by atoms with van der Waals surface area (Å²) in [5, 5.41) is 3.09. The van der Waals surface area contributed by atoms with E-state index < -0.39 is 5.91 Å². The number of nitrogens with two attached hydrogens (primary N) is 1. The van der Waals surface area contributed by atoms with Crippen molar-refractivity contribution in [1.29, 1.82) is 0 Å². The Hall–Kier alpha value is -2.12. The number of aromatic nitrogens is 3. The Bertz CT molecular complexity index is 454. The number of hydrogen-bond donors (Lipinski definition) is 2. The summed E-state index contributed by atoms with van der Waals surface area (Å²) >= 11 is 0. The van der Waals surface area contributed by atoms with Crippen LogP contribution in [0, 0.1) is 0 Å². The summed E-state index contributed by atoms with van der Waals surface area (Å²) in [4.78, 5) is 25.6. The van der Waals surface area contributed by atoms with Crippen LogP contribution in [0.25, 0.3) is 0 Å². The van der Waals surface area contributed by atoms with Crippen LogP contribution in [0.2, 0.25) is 0 Å². The molecular weight excluding hydrogens is 272 g/mol. The van der Waals surface area contributed by atoms with Gasteiger partial charge in [0.2, 0.25) is 17.8 Å². The molecule has 0 aliphatic rings. The molecule has 8 heteroatoms. The largest absolute Gasteiger partial charge is 0.467 e. The fraction of sp³-hybridized carbons (Fsp3) is 0.692. The lowest BCUT2D eigenvalue weighted by atomic mass is 10.3. The lowest BCUT2D eigenvalue weighted by molar-refractivity contribution is -0.116. The van der Waals surface area contributed by atoms with E-state index in [2.05, 4.69) is 27.2 Å². The number of carbonyl (C=O) groups excluding carboxylic acids is 1. The highest BCUT2D eigenvalue weighted by Gasteiger charge is 2.15. The third-order valence-electron chi connectivity index (χ3n) is 2.73. The van der Waals surface area contributed by atoms with Crippen molar-refractivity contribution in [3.8, 4) is 6.01 Å². The number of ether oxygens (including phenoxy) is 1. The van der Waals surface area contributed by atoms with Gasteiger partial charge in [-0.2, -0.15) is 15.0 Å². The maximum absolute atomic E-state index is 11.2. The van der Waals surface area contributed by atoms with Gasteiger partial charge in [0, 0.05) is 13.1 Å². The topological polar surface area (TPSA) is 106 Å². The Balaban J connectivity index is 3.00. The molecule has 1 heterocycles. The van der Waals surface area contributed by atoms with E-state index in [9.17, 15) is 4.79 Å². The number of anilines is 2. The van der Waals surface area contributed by atoms with E-state index in [4.69, 9.17) is 10.5 Å². The van der Waals surface area contributed by atoms with E-state index in [0.29, 0.717) is 18.4 Å². The molecule has 118 valence electrons. The van der Waals surface area contributed by atoms with Crippen LogP contribution in [0.1, 0.15) is 33.1 Å². The quantitative estimate of drug-likeness (QED) is 0.657. The number of carbonyl (C=O) groups is 1. The smallest absolute Gasteiger partial charge is 0.322 e. The lowest BCUT2D eigenvalue weighted by Crippen LogP contribution is -2.36. The van der Waals surface area contributed by atoms with Crippen molar-refractivity contribution >= 4 is 17.8 Å². The molecule has 1 amide bonds. The van der Waals surface area contributed by atoms with Gasteiger partial charge in [0.15, 0.2) is 0 Å². The number of unbranched alkanes of at least 4 members (excludes halogenated alkanes) is 1. The highest BCUT2D eigenvalue weighted by molar-refractivity contribution is 5.78. The molecule has 0 fully saturated rings. The van der Waals surface area contributed by atoms with E-state index in [1.54, 1.807) is 4.90 Å². The molecule has 0 saturated heterocycles. The Labute approximate surface area is 125 Å². The SMILES string of the molecule is CCCCN(CC(N)=O)c1nc(NCCC)nc(OC)n1. The summed E-state index contributed by atoms with van der Waals surface area (Å²) < 4.78 is 5.09. The number of rotatable bonds is 10. The van der Waals surface area contributed by atoms with Crippen LogP contribution in [0.4, 0.5) is 11.9 Å². The van der Waals surface area contributed by atoms with Crippen molar-refractivity contribution in [2.24, 2.45) is 5.73 Å². The minimum absolute atomic E-state index is 0.0698. The van der Waals surface area contributed by atoms with Gasteiger partial charge >= 0.3 is 6.01 Å². The molecule has 0 spiro atoms. The summed E-state index contributed by atoms with van der Waals surface area (Å²) in [6.07, 6.45) is 2.86. The van der Waals surface area contributed by atoms with Crippen LogP contribution in [0.5, 0.6) is 6.01 Å². The molecule has 0 atom stereocenters. The van der Waals surface area contributed by atoms with Crippen molar-refractivity contribution < 1.29 is 9.53 Å². The van der Waals surface area contributed by atoms with Gasteiger partial charge in [-0.1, -0.05) is 20.3 Å². The summed E-state index contributed by atoms with van der Waals surface area (Å²) in [6.45, 7) is 5.59. The summed E-state index contributed by atoms with van der Waals surface area (Å²) in [6, 6.07) is 0.213. The number of methoxy groups -OCH3 is 1. The molecule has 1 aromatic heterocycles. The molecule has 8 nitrogen and oxygen atoms in total. The molecule has 0 saturated carbocycles. The van der Waals surface area contributed by atoms with Crippen molar-refractivity contribution in [2.45, 2.75) is 33.1 Å². The van der Waals surface area contributed by atoms with Gasteiger partial charge in [-0.25, -0.2) is 0 Å². The van der Waals surface area contributed by atoms with Gasteiger partial charge in [0.1, 0.15) is 0 Å². The Morgan fingerprint density at radius 2 is 2.05 bits per heavy atom. The zero-order chi connectivity index (χ0) is 15.7. The molecule has 1 aromatic rings. The molecule has 1 rings (SSSR count). The zero-order valence-electron chi connectivity index (χ0n) is 12.9. The second kappa shape index (κ2) is 8.93. The molecule has 0 radical (unpaired) electrons. The fourth-order valence-electron chi connectivity index (χ4n) is 1.68. The minimum Gasteiger partial charge on any atom is -0.467 e. The molecule has 21 heavy (non-hydrogen) atoms. The Morgan fingerprint density at radius 1 is 1.29 bits per heavy atom. The van der Waals surface area contributed by atoms with E-state index in [1.807, 2.05) is 6.92 Å². The van der Waals surface area contributed by atoms with E-state index >= 15 is 0 Å². The van der Waals surface area contributed by atoms with Crippen LogP contribution >= 0.6 is 0 Å². The third-order valence-corrected chi connectivity index (χ3v) is 2.73. The van der Waals surface area contributed by atoms with Gasteiger partial charge < -0.3 is 20.7 Å². The Kier molecular flexibility index (Phi) is 7.20. The predicted molar refractivity (Wildman–Crippen MR) is 81.5 cm³/mol. The van der Waals surface area contributed by atoms with Crippen LogP contribution in [0.3, 0.4) is 0 Å². The Morgan fingerprint density at radius 3 is 2.62 bits per heavy atom. The first-order chi connectivity index (χ1) is 10.1. The molecular formula is C13H24N6O2. The van der Waals surface area contributed by atoms with E-state index in [1.165, 1.54) is 7.11 Å². The van der Waals surface area contributed by atoms with Crippen molar-refractivity contribution in [1.82, 2.24) is 15.0 Å². The fourth-order valence-corrected chi connectivity index (χ4v) is 1.68. The summed E-state index contributed by atoms with van der Waals surface area (Å²) in [5.41, 5.74) is 5.29. The monoisotopic (exact) mass is 296 g/mol. The third kappa shape index (κ3) is 5.80. The van der Waals surface area contributed by atoms with Crippen LogP contribution in [-0.4, -0.2) is 47.6 Å². The molecule has 0 aromatic carbocycles.